The van der Waals surface area contributed by atoms with Crippen LogP contribution < -0.4 is 0 Å². The van der Waals surface area contributed by atoms with E-state index in [1.807, 2.05) is 6.07 Å². The zero-order valence-corrected chi connectivity index (χ0v) is 15.0. The number of hydrogen-bond donors (Lipinski definition) is 0. The van der Waals surface area contributed by atoms with Gasteiger partial charge < -0.3 is 9.64 Å². The van der Waals surface area contributed by atoms with E-state index in [1.165, 1.54) is 22.5 Å². The summed E-state index contributed by atoms with van der Waals surface area (Å²) in [5.74, 6) is 0.932. The Labute approximate surface area is 147 Å². The van der Waals surface area contributed by atoms with Gasteiger partial charge in [-0.1, -0.05) is 62.3 Å². The van der Waals surface area contributed by atoms with E-state index >= 15 is 0 Å². The minimum atomic E-state index is 0.404. The highest BCUT2D eigenvalue weighted by atomic mass is 16.5. The summed E-state index contributed by atoms with van der Waals surface area (Å²) >= 11 is 0. The zero-order valence-electron chi connectivity index (χ0n) is 15.0. The molecule has 3 heteroatoms. The van der Waals surface area contributed by atoms with E-state index in [2.05, 4.69) is 75.3 Å². The van der Waals surface area contributed by atoms with Gasteiger partial charge in [0.2, 0.25) is 0 Å². The number of ether oxygens (including phenoxy) is 1. The fourth-order valence-electron chi connectivity index (χ4n) is 3.58. The van der Waals surface area contributed by atoms with Crippen LogP contribution in [0.2, 0.25) is 12.6 Å². The molecular formula is C21H27BNO. The van der Waals surface area contributed by atoms with Gasteiger partial charge in [0, 0.05) is 23.9 Å². The molecule has 125 valence electrons. The molecule has 0 aliphatic carbocycles. The van der Waals surface area contributed by atoms with Crippen LogP contribution in [0.1, 0.15) is 25.8 Å². The van der Waals surface area contributed by atoms with E-state index < -0.39 is 0 Å². The molecule has 24 heavy (non-hydrogen) atoms. The Kier molecular flexibility index (Phi) is 5.62. The Morgan fingerprint density at radius 2 is 2.04 bits per heavy atom. The second-order valence-corrected chi connectivity index (χ2v) is 6.81. The topological polar surface area (TPSA) is 12.5 Å². The number of allylic oxidation sites excluding steroid dienone is 3. The zero-order chi connectivity index (χ0) is 16.9. The van der Waals surface area contributed by atoms with Gasteiger partial charge in [-0.05, 0) is 30.3 Å². The minimum absolute atomic E-state index is 0.404. The Bertz CT molecular complexity index is 647. The van der Waals surface area contributed by atoms with Crippen LogP contribution in [0.15, 0.2) is 65.5 Å². The molecule has 0 amide bonds. The predicted octanol–water partition coefficient (Wildman–Crippen LogP) is 4.81. The van der Waals surface area contributed by atoms with Crippen molar-refractivity contribution in [1.82, 2.24) is 4.90 Å². The van der Waals surface area contributed by atoms with Crippen LogP contribution in [0.25, 0.3) is 0 Å². The highest BCUT2D eigenvalue weighted by Crippen LogP contribution is 2.36. The first-order valence-corrected chi connectivity index (χ1v) is 8.96. The maximum Gasteiger partial charge on any atom is 0.117 e. The Balaban J connectivity index is 1.61. The van der Waals surface area contributed by atoms with Gasteiger partial charge in [-0.15, -0.1) is 0 Å². The molecule has 2 heterocycles. The van der Waals surface area contributed by atoms with E-state index in [1.54, 1.807) is 0 Å². The molecule has 0 bridgehead atoms. The maximum atomic E-state index is 5.99. The smallest absolute Gasteiger partial charge is 0.117 e. The van der Waals surface area contributed by atoms with Crippen molar-refractivity contribution in [1.29, 1.82) is 0 Å². The molecule has 2 aliphatic heterocycles. The Morgan fingerprint density at radius 3 is 2.79 bits per heavy atom. The van der Waals surface area contributed by atoms with Crippen molar-refractivity contribution in [2.45, 2.75) is 39.5 Å². The molecule has 0 saturated heterocycles. The maximum absolute atomic E-state index is 5.99. The van der Waals surface area contributed by atoms with Gasteiger partial charge in [-0.2, -0.15) is 0 Å². The molecule has 3 rings (SSSR count). The van der Waals surface area contributed by atoms with E-state index in [-0.39, 0.29) is 0 Å². The van der Waals surface area contributed by atoms with Crippen LogP contribution in [0, 0.1) is 5.92 Å². The summed E-state index contributed by atoms with van der Waals surface area (Å²) in [6, 6.07) is 10.4. The summed E-state index contributed by atoms with van der Waals surface area (Å²) in [4.78, 5) is 2.50. The lowest BCUT2D eigenvalue weighted by Gasteiger charge is -2.40. The first-order chi connectivity index (χ1) is 11.7. The van der Waals surface area contributed by atoms with Gasteiger partial charge in [0.15, 0.2) is 0 Å². The average Bonchev–Trinajstić information content (AvgIpc) is 2.62. The molecule has 1 radical (unpaired) electrons. The third kappa shape index (κ3) is 3.84. The normalized spacial score (nSPS) is 21.4. The highest BCUT2D eigenvalue weighted by Gasteiger charge is 2.28. The Morgan fingerprint density at radius 1 is 1.25 bits per heavy atom. The van der Waals surface area contributed by atoms with Crippen LogP contribution in [0.4, 0.5) is 0 Å². The first kappa shape index (κ1) is 17.1. The third-order valence-electron chi connectivity index (χ3n) is 4.91. The molecule has 2 atom stereocenters. The summed E-state index contributed by atoms with van der Waals surface area (Å²) in [5, 5.41) is 0. The summed E-state index contributed by atoms with van der Waals surface area (Å²) in [7, 11) is 2.29. The summed E-state index contributed by atoms with van der Waals surface area (Å²) in [6.07, 6.45) is 8.13. The van der Waals surface area contributed by atoms with E-state index in [0.29, 0.717) is 18.3 Å². The lowest BCUT2D eigenvalue weighted by atomic mass is 9.64. The highest BCUT2D eigenvalue weighted by molar-refractivity contribution is 6.36. The largest absolute Gasteiger partial charge is 0.376 e. The minimum Gasteiger partial charge on any atom is -0.376 e. The van der Waals surface area contributed by atoms with Crippen LogP contribution in [-0.4, -0.2) is 25.3 Å². The van der Waals surface area contributed by atoms with Crippen molar-refractivity contribution in [2.24, 2.45) is 5.92 Å². The molecule has 1 aromatic rings. The SMILES string of the molecule is C[B]C1C=C(C)C2=CCC=C(C(C)COCc3ccccc3)N2C1. The van der Waals surface area contributed by atoms with Crippen LogP contribution in [0.5, 0.6) is 0 Å². The molecule has 0 saturated carbocycles. The molecule has 2 nitrogen and oxygen atoms in total. The van der Waals surface area contributed by atoms with Crippen molar-refractivity contribution in [3.8, 4) is 0 Å². The molecule has 0 N–H and O–H groups in total. The fourth-order valence-corrected chi connectivity index (χ4v) is 3.58. The van der Waals surface area contributed by atoms with Gasteiger partial charge in [-0.3, -0.25) is 0 Å². The predicted molar refractivity (Wildman–Crippen MR) is 102 cm³/mol. The molecule has 0 aromatic heterocycles. The van der Waals surface area contributed by atoms with Gasteiger partial charge >= 0.3 is 0 Å². The monoisotopic (exact) mass is 320 g/mol. The Hall–Kier alpha value is -1.74. The third-order valence-corrected chi connectivity index (χ3v) is 4.91. The summed E-state index contributed by atoms with van der Waals surface area (Å²) in [5.41, 5.74) is 5.44. The number of rotatable bonds is 6. The van der Waals surface area contributed by atoms with E-state index in [4.69, 9.17) is 4.74 Å². The second kappa shape index (κ2) is 7.89. The van der Waals surface area contributed by atoms with Crippen molar-refractivity contribution >= 4 is 7.28 Å². The summed E-state index contributed by atoms with van der Waals surface area (Å²) < 4.78 is 5.99. The molecule has 0 fully saturated rings. The van der Waals surface area contributed by atoms with Gasteiger partial charge in [-0.25, -0.2) is 0 Å². The van der Waals surface area contributed by atoms with Crippen LogP contribution in [-0.2, 0) is 11.3 Å². The molecule has 1 aromatic carbocycles. The molecule has 2 unspecified atom stereocenters. The van der Waals surface area contributed by atoms with Crippen LogP contribution in [0.3, 0.4) is 0 Å². The van der Waals surface area contributed by atoms with Crippen molar-refractivity contribution in [3.63, 3.8) is 0 Å². The molecule has 0 spiro atoms. The van der Waals surface area contributed by atoms with Crippen molar-refractivity contribution < 1.29 is 4.74 Å². The van der Waals surface area contributed by atoms with Gasteiger partial charge in [0.05, 0.1) is 13.2 Å². The van der Waals surface area contributed by atoms with Crippen molar-refractivity contribution in [3.05, 3.63) is 71.1 Å². The number of fused-ring (bicyclic) bond motifs is 1. The number of benzene rings is 1. The van der Waals surface area contributed by atoms with E-state index in [9.17, 15) is 0 Å². The van der Waals surface area contributed by atoms with Crippen LogP contribution >= 0.6 is 0 Å². The number of nitrogens with zero attached hydrogens (tertiary/aromatic N) is 1. The van der Waals surface area contributed by atoms with Crippen molar-refractivity contribution in [2.75, 3.05) is 13.2 Å². The van der Waals surface area contributed by atoms with E-state index in [0.717, 1.165) is 19.6 Å². The lowest BCUT2D eigenvalue weighted by molar-refractivity contribution is 0.0938. The van der Waals surface area contributed by atoms with Gasteiger partial charge in [0.25, 0.3) is 0 Å². The average molecular weight is 320 g/mol. The first-order valence-electron chi connectivity index (χ1n) is 8.96. The molecule has 2 aliphatic rings. The fraction of sp³-hybridized carbons (Fsp3) is 0.429. The second-order valence-electron chi connectivity index (χ2n) is 6.81. The number of hydrogen-bond acceptors (Lipinski definition) is 2. The molecular weight excluding hydrogens is 293 g/mol. The standard InChI is InChI=1S/C21H27BNO/c1-16-12-19(22-3)13-23-20(16)10-7-11-21(23)17(2)14-24-15-18-8-5-4-6-9-18/h4-6,8-12,17,19H,7,13-15H2,1-3H3. The lowest BCUT2D eigenvalue weighted by Crippen LogP contribution is -2.35. The van der Waals surface area contributed by atoms with Gasteiger partial charge in [0.1, 0.15) is 7.28 Å². The summed E-state index contributed by atoms with van der Waals surface area (Å²) in [6.45, 7) is 9.16. The quantitative estimate of drug-likeness (QED) is 0.697.